The molecular formula is C27H31N5O2. The Labute approximate surface area is 200 Å². The normalized spacial score (nSPS) is 20.4. The average molecular weight is 458 g/mol. The van der Waals surface area contributed by atoms with Crippen molar-refractivity contribution < 1.29 is 9.59 Å². The minimum atomic E-state index is -0.169. The lowest BCUT2D eigenvalue weighted by atomic mass is 9.96. The summed E-state index contributed by atoms with van der Waals surface area (Å²) in [6.07, 6.45) is 1.13. The highest BCUT2D eigenvalue weighted by atomic mass is 16.2. The summed E-state index contributed by atoms with van der Waals surface area (Å²) in [6.45, 7) is 4.76. The molecule has 3 aromatic rings. The Morgan fingerprint density at radius 2 is 1.68 bits per heavy atom. The van der Waals surface area contributed by atoms with Crippen molar-refractivity contribution in [2.75, 3.05) is 51.7 Å². The van der Waals surface area contributed by atoms with Gasteiger partial charge in [-0.2, -0.15) is 0 Å². The van der Waals surface area contributed by atoms with E-state index in [1.165, 1.54) is 10.9 Å². The number of anilines is 1. The van der Waals surface area contributed by atoms with Gasteiger partial charge in [0.15, 0.2) is 0 Å². The number of carbonyl (C=O) groups excluding carboxylic acids is 2. The number of hydrogen-bond donors (Lipinski definition) is 0. The summed E-state index contributed by atoms with van der Waals surface area (Å²) in [6, 6.07) is 16.4. The number of benzene rings is 2. The lowest BCUT2D eigenvalue weighted by Gasteiger charge is -2.46. The number of nitrogens with zero attached hydrogens (tertiary/aromatic N) is 5. The summed E-state index contributed by atoms with van der Waals surface area (Å²) in [5, 5.41) is 1.24. The van der Waals surface area contributed by atoms with Gasteiger partial charge in [-0.1, -0.05) is 30.3 Å². The lowest BCUT2D eigenvalue weighted by molar-refractivity contribution is -0.133. The molecule has 1 atom stereocenters. The third-order valence-electron chi connectivity index (χ3n) is 7.81. The molecule has 2 amide bonds. The highest BCUT2D eigenvalue weighted by Crippen LogP contribution is 2.44. The number of rotatable bonds is 3. The van der Waals surface area contributed by atoms with Crippen molar-refractivity contribution in [3.8, 4) is 0 Å². The summed E-state index contributed by atoms with van der Waals surface area (Å²) in [5.41, 5.74) is 5.34. The molecule has 2 aromatic carbocycles. The van der Waals surface area contributed by atoms with Crippen LogP contribution >= 0.6 is 0 Å². The van der Waals surface area contributed by atoms with Crippen LogP contribution < -0.4 is 4.90 Å². The van der Waals surface area contributed by atoms with E-state index in [0.29, 0.717) is 19.5 Å². The van der Waals surface area contributed by atoms with Gasteiger partial charge in [-0.15, -0.1) is 0 Å². The number of amides is 2. The second-order valence-corrected chi connectivity index (χ2v) is 9.72. The third kappa shape index (κ3) is 3.21. The summed E-state index contributed by atoms with van der Waals surface area (Å²) in [7, 11) is 4.18. The summed E-state index contributed by atoms with van der Waals surface area (Å²) in [4.78, 5) is 35.0. The largest absolute Gasteiger partial charge is 0.349 e. The van der Waals surface area contributed by atoms with Gasteiger partial charge in [0.1, 0.15) is 6.17 Å². The predicted molar refractivity (Wildman–Crippen MR) is 133 cm³/mol. The van der Waals surface area contributed by atoms with E-state index in [9.17, 15) is 9.59 Å². The number of fused-ring (bicyclic) bond motifs is 6. The van der Waals surface area contributed by atoms with Crippen molar-refractivity contribution >= 4 is 28.4 Å². The highest BCUT2D eigenvalue weighted by molar-refractivity contribution is 6.02. The Balaban J connectivity index is 1.39. The standard InChI is InChI=1S/C27H31N5O2/c1-28-15-17-30(18-16-28)24(33)12-14-31-23-10-6-3-7-19(23)20-11-13-32-26(25(20)31)29(2)22-9-5-4-8-21(22)27(32)34/h3-10,26H,11-18H2,1-2H3. The van der Waals surface area contributed by atoms with E-state index in [4.69, 9.17) is 0 Å². The topological polar surface area (TPSA) is 52.0 Å². The number of aromatic nitrogens is 1. The van der Waals surface area contributed by atoms with Gasteiger partial charge in [-0.05, 0) is 37.2 Å². The van der Waals surface area contributed by atoms with Crippen LogP contribution in [0.4, 0.5) is 5.69 Å². The van der Waals surface area contributed by atoms with E-state index in [2.05, 4.69) is 52.7 Å². The molecule has 7 nitrogen and oxygen atoms in total. The smallest absolute Gasteiger partial charge is 0.257 e. The Hall–Kier alpha value is -3.32. The van der Waals surface area contributed by atoms with Crippen LogP contribution in [0.15, 0.2) is 48.5 Å². The van der Waals surface area contributed by atoms with E-state index >= 15 is 0 Å². The van der Waals surface area contributed by atoms with Gasteiger partial charge in [0.05, 0.1) is 16.9 Å². The molecule has 3 aliphatic heterocycles. The maximum absolute atomic E-state index is 13.5. The number of carbonyl (C=O) groups is 2. The van der Waals surface area contributed by atoms with Gasteiger partial charge < -0.3 is 24.2 Å². The van der Waals surface area contributed by atoms with Gasteiger partial charge in [-0.3, -0.25) is 9.59 Å². The quantitative estimate of drug-likeness (QED) is 0.607. The molecule has 0 bridgehead atoms. The first-order valence-electron chi connectivity index (χ1n) is 12.2. The summed E-state index contributed by atoms with van der Waals surface area (Å²) >= 11 is 0. The first-order valence-corrected chi connectivity index (χ1v) is 12.2. The van der Waals surface area contributed by atoms with Crippen molar-refractivity contribution in [2.24, 2.45) is 0 Å². The second kappa shape index (κ2) is 8.17. The second-order valence-electron chi connectivity index (χ2n) is 9.72. The molecule has 34 heavy (non-hydrogen) atoms. The SMILES string of the molecule is CN1CCN(C(=O)CCn2c3c(c4ccccc42)CCN2C(=O)c4ccccc4N(C)C32)CC1. The highest BCUT2D eigenvalue weighted by Gasteiger charge is 2.42. The van der Waals surface area contributed by atoms with Crippen molar-refractivity contribution in [1.82, 2.24) is 19.3 Å². The number of piperazine rings is 1. The maximum atomic E-state index is 13.5. The Morgan fingerprint density at radius 3 is 2.50 bits per heavy atom. The molecule has 1 fully saturated rings. The van der Waals surface area contributed by atoms with E-state index < -0.39 is 0 Å². The fourth-order valence-electron chi connectivity index (χ4n) is 5.97. The van der Waals surface area contributed by atoms with Crippen LogP contribution in [-0.4, -0.2) is 77.9 Å². The Kier molecular flexibility index (Phi) is 5.10. The molecule has 1 unspecified atom stereocenters. The van der Waals surface area contributed by atoms with Crippen LogP contribution in [0.5, 0.6) is 0 Å². The lowest BCUT2D eigenvalue weighted by Crippen LogP contribution is -2.51. The van der Waals surface area contributed by atoms with Crippen LogP contribution in [0, 0.1) is 0 Å². The molecule has 0 radical (unpaired) electrons. The Bertz CT molecular complexity index is 1270. The fraction of sp³-hybridized carbons (Fsp3) is 0.407. The molecule has 1 saturated heterocycles. The molecule has 0 saturated carbocycles. The van der Waals surface area contributed by atoms with Crippen LogP contribution in [0.1, 0.15) is 34.2 Å². The average Bonchev–Trinajstić information content (AvgIpc) is 3.19. The molecule has 4 heterocycles. The third-order valence-corrected chi connectivity index (χ3v) is 7.81. The number of para-hydroxylation sites is 2. The van der Waals surface area contributed by atoms with Crippen molar-refractivity contribution in [3.05, 3.63) is 65.4 Å². The minimum absolute atomic E-state index is 0.0923. The molecule has 0 N–H and O–H groups in total. The monoisotopic (exact) mass is 457 g/mol. The number of likely N-dealkylation sites (N-methyl/N-ethyl adjacent to an activating group) is 1. The maximum Gasteiger partial charge on any atom is 0.257 e. The van der Waals surface area contributed by atoms with E-state index in [-0.39, 0.29) is 18.0 Å². The molecule has 0 spiro atoms. The van der Waals surface area contributed by atoms with Gasteiger partial charge in [0.25, 0.3) is 5.91 Å². The van der Waals surface area contributed by atoms with Crippen molar-refractivity contribution in [1.29, 1.82) is 0 Å². The van der Waals surface area contributed by atoms with E-state index in [1.54, 1.807) is 0 Å². The van der Waals surface area contributed by atoms with Gasteiger partial charge in [0.2, 0.25) is 5.91 Å². The first-order chi connectivity index (χ1) is 16.5. The first kappa shape index (κ1) is 21.2. The predicted octanol–water partition coefficient (Wildman–Crippen LogP) is 2.95. The van der Waals surface area contributed by atoms with E-state index in [0.717, 1.165) is 55.1 Å². The van der Waals surface area contributed by atoms with Crippen LogP contribution in [-0.2, 0) is 17.8 Å². The van der Waals surface area contributed by atoms with Crippen LogP contribution in [0.2, 0.25) is 0 Å². The zero-order chi connectivity index (χ0) is 23.4. The van der Waals surface area contributed by atoms with Gasteiger partial charge >= 0.3 is 0 Å². The molecule has 3 aliphatic rings. The fourth-order valence-corrected chi connectivity index (χ4v) is 5.97. The molecule has 1 aromatic heterocycles. The zero-order valence-corrected chi connectivity index (χ0v) is 19.9. The van der Waals surface area contributed by atoms with Crippen molar-refractivity contribution in [2.45, 2.75) is 25.6 Å². The van der Waals surface area contributed by atoms with Gasteiger partial charge in [0, 0.05) is 63.6 Å². The molecule has 176 valence electrons. The molecule has 0 aliphatic carbocycles. The zero-order valence-electron chi connectivity index (χ0n) is 19.9. The molecule has 6 rings (SSSR count). The molecule has 7 heteroatoms. The van der Waals surface area contributed by atoms with E-state index in [1.807, 2.05) is 34.1 Å². The van der Waals surface area contributed by atoms with Gasteiger partial charge in [-0.25, -0.2) is 0 Å². The minimum Gasteiger partial charge on any atom is -0.349 e. The van der Waals surface area contributed by atoms with Crippen LogP contribution in [0.3, 0.4) is 0 Å². The number of aryl methyl sites for hydroxylation is 1. The summed E-state index contributed by atoms with van der Waals surface area (Å²) < 4.78 is 2.31. The molecular weight excluding hydrogens is 426 g/mol. The Morgan fingerprint density at radius 1 is 0.941 bits per heavy atom. The van der Waals surface area contributed by atoms with Crippen molar-refractivity contribution in [3.63, 3.8) is 0 Å². The number of hydrogen-bond acceptors (Lipinski definition) is 4. The van der Waals surface area contributed by atoms with Crippen LogP contribution in [0.25, 0.3) is 10.9 Å². The summed E-state index contributed by atoms with van der Waals surface area (Å²) in [5.74, 6) is 0.306.